The molecule has 0 bridgehead atoms. The van der Waals surface area contributed by atoms with Gasteiger partial charge in [0.1, 0.15) is 11.7 Å². The van der Waals surface area contributed by atoms with Crippen LogP contribution in [-0.2, 0) is 9.53 Å². The number of ether oxygens (including phenoxy) is 1. The molecular formula is C30H38N4O3S. The first-order valence-electron chi connectivity index (χ1n) is 13.9. The lowest BCUT2D eigenvalue weighted by atomic mass is 9.95. The number of aromatic nitrogens is 1. The maximum absolute atomic E-state index is 14.1. The minimum absolute atomic E-state index is 0.0751. The molecule has 0 unspecified atom stereocenters. The van der Waals surface area contributed by atoms with Crippen LogP contribution in [0.3, 0.4) is 0 Å². The first kappa shape index (κ1) is 26.7. The van der Waals surface area contributed by atoms with E-state index >= 15 is 0 Å². The van der Waals surface area contributed by atoms with E-state index in [2.05, 4.69) is 15.2 Å². The SMILES string of the molecule is O=C(NC1CCCCC1)[C@@H](c1cccs1)N(CCCN1CCOCC1)C(=O)c1ccc(-c2ccccc2)[nH]1. The van der Waals surface area contributed by atoms with Gasteiger partial charge in [-0.2, -0.15) is 0 Å². The quantitative estimate of drug-likeness (QED) is 0.380. The second kappa shape index (κ2) is 13.2. The second-order valence-electron chi connectivity index (χ2n) is 10.2. The van der Waals surface area contributed by atoms with Crippen LogP contribution in [0.15, 0.2) is 60.0 Å². The number of nitrogens with zero attached hydrogens (tertiary/aromatic N) is 2. The van der Waals surface area contributed by atoms with Crippen molar-refractivity contribution in [2.75, 3.05) is 39.4 Å². The fraction of sp³-hybridized carbons (Fsp3) is 0.467. The molecule has 8 heteroatoms. The van der Waals surface area contributed by atoms with Crippen LogP contribution in [0.2, 0.25) is 0 Å². The summed E-state index contributed by atoms with van der Waals surface area (Å²) in [5.41, 5.74) is 2.42. The van der Waals surface area contributed by atoms with E-state index in [0.717, 1.165) is 81.1 Å². The van der Waals surface area contributed by atoms with Crippen molar-refractivity contribution in [3.8, 4) is 11.3 Å². The van der Waals surface area contributed by atoms with Gasteiger partial charge in [-0.05, 0) is 48.4 Å². The van der Waals surface area contributed by atoms with E-state index in [9.17, 15) is 9.59 Å². The van der Waals surface area contributed by atoms with Crippen LogP contribution in [0.5, 0.6) is 0 Å². The summed E-state index contributed by atoms with van der Waals surface area (Å²) >= 11 is 1.53. The topological polar surface area (TPSA) is 77.7 Å². The van der Waals surface area contributed by atoms with Crippen molar-refractivity contribution in [2.24, 2.45) is 0 Å². The molecule has 1 aliphatic heterocycles. The summed E-state index contributed by atoms with van der Waals surface area (Å²) in [5, 5.41) is 5.28. The van der Waals surface area contributed by atoms with Crippen molar-refractivity contribution in [1.82, 2.24) is 20.1 Å². The summed E-state index contributed by atoms with van der Waals surface area (Å²) in [5.74, 6) is -0.222. The van der Waals surface area contributed by atoms with Gasteiger partial charge in [-0.1, -0.05) is 55.7 Å². The van der Waals surface area contributed by atoms with E-state index in [0.29, 0.717) is 12.2 Å². The third-order valence-corrected chi connectivity index (χ3v) is 8.49. The number of morpholine rings is 1. The average Bonchev–Trinajstić information content (AvgIpc) is 3.67. The predicted molar refractivity (Wildman–Crippen MR) is 151 cm³/mol. The maximum atomic E-state index is 14.1. The van der Waals surface area contributed by atoms with Gasteiger partial charge in [-0.3, -0.25) is 14.5 Å². The zero-order valence-electron chi connectivity index (χ0n) is 21.9. The minimum atomic E-state index is -0.655. The van der Waals surface area contributed by atoms with Crippen molar-refractivity contribution in [3.05, 3.63) is 70.5 Å². The maximum Gasteiger partial charge on any atom is 0.271 e. The first-order chi connectivity index (χ1) is 18.7. The molecule has 1 atom stereocenters. The Kier molecular flexibility index (Phi) is 9.28. The van der Waals surface area contributed by atoms with Gasteiger partial charge in [0.25, 0.3) is 5.91 Å². The highest BCUT2D eigenvalue weighted by Crippen LogP contribution is 2.29. The summed E-state index contributed by atoms with van der Waals surface area (Å²) in [6, 6.07) is 17.2. The molecule has 3 heterocycles. The summed E-state index contributed by atoms with van der Waals surface area (Å²) in [6.07, 6.45) is 6.30. The second-order valence-corrected chi connectivity index (χ2v) is 11.2. The summed E-state index contributed by atoms with van der Waals surface area (Å²) in [6.45, 7) is 4.66. The van der Waals surface area contributed by atoms with Gasteiger partial charge in [0.15, 0.2) is 0 Å². The monoisotopic (exact) mass is 534 g/mol. The van der Waals surface area contributed by atoms with Crippen LogP contribution in [0.25, 0.3) is 11.3 Å². The number of amides is 2. The molecular weight excluding hydrogens is 496 g/mol. The average molecular weight is 535 g/mol. The van der Waals surface area contributed by atoms with E-state index in [1.165, 1.54) is 17.8 Å². The van der Waals surface area contributed by atoms with Crippen LogP contribution >= 0.6 is 11.3 Å². The summed E-state index contributed by atoms with van der Waals surface area (Å²) < 4.78 is 5.49. The Morgan fingerprint density at radius 1 is 1.03 bits per heavy atom. The van der Waals surface area contributed by atoms with Crippen molar-refractivity contribution in [3.63, 3.8) is 0 Å². The highest BCUT2D eigenvalue weighted by Gasteiger charge is 2.34. The molecule has 2 amide bonds. The third-order valence-electron chi connectivity index (χ3n) is 7.56. The molecule has 1 aromatic carbocycles. The van der Waals surface area contributed by atoms with Crippen LogP contribution in [-0.4, -0.2) is 72.0 Å². The number of thiophene rings is 1. The lowest BCUT2D eigenvalue weighted by Crippen LogP contribution is -2.47. The molecule has 1 saturated carbocycles. The molecule has 38 heavy (non-hydrogen) atoms. The first-order valence-corrected chi connectivity index (χ1v) is 14.8. The molecule has 0 spiro atoms. The standard InChI is InChI=1S/C30H38N4O3S/c35-29(31-24-11-5-2-6-12-24)28(27-13-7-22-38-27)34(17-8-16-33-18-20-37-21-19-33)30(36)26-15-14-25(32-26)23-9-3-1-4-10-23/h1,3-4,7,9-10,13-15,22,24,28,32H,2,5-6,8,11-12,16-21H2,(H,31,35)/t28-/m1/s1. The van der Waals surface area contributed by atoms with E-state index < -0.39 is 6.04 Å². The van der Waals surface area contributed by atoms with E-state index in [1.807, 2.05) is 60.0 Å². The molecule has 1 aliphatic carbocycles. The molecule has 1 saturated heterocycles. The van der Waals surface area contributed by atoms with Gasteiger partial charge in [0.2, 0.25) is 5.91 Å². The van der Waals surface area contributed by atoms with Crippen molar-refractivity contribution in [2.45, 2.75) is 50.6 Å². The van der Waals surface area contributed by atoms with E-state index in [4.69, 9.17) is 4.74 Å². The normalized spacial score (nSPS) is 17.7. The number of H-pyrrole nitrogens is 1. The Morgan fingerprint density at radius 2 is 1.82 bits per heavy atom. The van der Waals surface area contributed by atoms with Crippen molar-refractivity contribution in [1.29, 1.82) is 0 Å². The zero-order valence-corrected chi connectivity index (χ0v) is 22.8. The van der Waals surface area contributed by atoms with Crippen LogP contribution in [0, 0.1) is 0 Å². The Morgan fingerprint density at radius 3 is 2.55 bits per heavy atom. The highest BCUT2D eigenvalue weighted by molar-refractivity contribution is 7.10. The van der Waals surface area contributed by atoms with E-state index in [1.54, 1.807) is 4.90 Å². The van der Waals surface area contributed by atoms with Crippen LogP contribution in [0.1, 0.15) is 59.9 Å². The zero-order chi connectivity index (χ0) is 26.2. The van der Waals surface area contributed by atoms with Crippen molar-refractivity contribution >= 4 is 23.2 Å². The molecule has 5 rings (SSSR count). The third kappa shape index (κ3) is 6.73. The number of benzene rings is 1. The molecule has 202 valence electrons. The van der Waals surface area contributed by atoms with Crippen molar-refractivity contribution < 1.29 is 14.3 Å². The van der Waals surface area contributed by atoms with E-state index in [-0.39, 0.29) is 17.9 Å². The van der Waals surface area contributed by atoms with Gasteiger partial charge in [-0.25, -0.2) is 0 Å². The van der Waals surface area contributed by atoms with Gasteiger partial charge in [-0.15, -0.1) is 11.3 Å². The Balaban J connectivity index is 1.39. The molecule has 2 aromatic heterocycles. The summed E-state index contributed by atoms with van der Waals surface area (Å²) in [7, 11) is 0. The number of aromatic amines is 1. The molecule has 2 fully saturated rings. The highest BCUT2D eigenvalue weighted by atomic mass is 32.1. The lowest BCUT2D eigenvalue weighted by molar-refractivity contribution is -0.126. The van der Waals surface area contributed by atoms with Gasteiger partial charge in [0.05, 0.1) is 13.2 Å². The minimum Gasteiger partial charge on any atom is -0.379 e. The molecule has 3 aromatic rings. The molecule has 2 N–H and O–H groups in total. The fourth-order valence-electron chi connectivity index (χ4n) is 5.50. The number of rotatable bonds is 10. The number of hydrogen-bond acceptors (Lipinski definition) is 5. The summed E-state index contributed by atoms with van der Waals surface area (Å²) in [4.78, 5) is 36.3. The number of hydrogen-bond donors (Lipinski definition) is 2. The molecule has 2 aliphatic rings. The van der Waals surface area contributed by atoms with Gasteiger partial charge in [0, 0.05) is 42.8 Å². The lowest BCUT2D eigenvalue weighted by Gasteiger charge is -2.33. The predicted octanol–water partition coefficient (Wildman–Crippen LogP) is 5.10. The number of carbonyl (C=O) groups is 2. The Labute approximate surface area is 229 Å². The van der Waals surface area contributed by atoms with Crippen LogP contribution in [0.4, 0.5) is 0 Å². The fourth-order valence-corrected chi connectivity index (χ4v) is 6.33. The Bertz CT molecular complexity index is 1150. The van der Waals surface area contributed by atoms with Crippen LogP contribution < -0.4 is 5.32 Å². The van der Waals surface area contributed by atoms with Gasteiger partial charge < -0.3 is 19.9 Å². The Hall–Kier alpha value is -2.94. The largest absolute Gasteiger partial charge is 0.379 e. The molecule has 0 radical (unpaired) electrons. The number of carbonyl (C=O) groups excluding carboxylic acids is 2. The smallest absolute Gasteiger partial charge is 0.271 e. The number of nitrogens with one attached hydrogen (secondary N) is 2. The molecule has 7 nitrogen and oxygen atoms in total. The van der Waals surface area contributed by atoms with Gasteiger partial charge >= 0.3 is 0 Å².